The number of carbonyl (C=O) groups is 3. The van der Waals surface area contributed by atoms with Gasteiger partial charge in [-0.2, -0.15) is 0 Å². The Morgan fingerprint density at radius 1 is 0.640 bits per heavy atom. The van der Waals surface area contributed by atoms with Crippen LogP contribution in [0.4, 0.5) is 0 Å². The van der Waals surface area contributed by atoms with Crippen LogP contribution >= 0.6 is 0 Å². The van der Waals surface area contributed by atoms with Crippen LogP contribution < -0.4 is 9.47 Å². The van der Waals surface area contributed by atoms with Gasteiger partial charge >= 0.3 is 17.9 Å². The fourth-order valence-electron chi connectivity index (χ4n) is 5.43. The molecule has 0 bridgehead atoms. The van der Waals surface area contributed by atoms with Gasteiger partial charge in [0, 0.05) is 11.6 Å². The lowest BCUT2D eigenvalue weighted by molar-refractivity contribution is -0.151. The normalized spacial score (nSPS) is 13.0. The number of benzene rings is 3. The molecule has 0 spiro atoms. The van der Waals surface area contributed by atoms with Crippen molar-refractivity contribution >= 4 is 30.1 Å². The number of ether oxygens (including phenoxy) is 5. The number of carbonyl (C=O) groups excluding carboxylic acids is 3. The number of rotatable bonds is 20. The Morgan fingerprint density at radius 2 is 1.18 bits per heavy atom. The lowest BCUT2D eigenvalue weighted by Crippen LogP contribution is -2.22. The van der Waals surface area contributed by atoms with E-state index >= 15 is 0 Å². The Bertz CT molecular complexity index is 1550. The minimum atomic E-state index is -0.528. The Hall–Kier alpha value is -5.11. The van der Waals surface area contributed by atoms with Crippen LogP contribution in [0.5, 0.6) is 11.5 Å². The van der Waals surface area contributed by atoms with E-state index in [0.717, 1.165) is 85.4 Å². The lowest BCUT2D eigenvalue weighted by atomic mass is 9.98. The molecule has 0 amide bonds. The van der Waals surface area contributed by atoms with Crippen LogP contribution in [0, 0.1) is 0 Å². The van der Waals surface area contributed by atoms with Crippen LogP contribution in [-0.4, -0.2) is 50.4 Å². The molecule has 0 N–H and O–H groups in total. The molecule has 1 aliphatic carbocycles. The molecule has 0 unspecified atom stereocenters. The van der Waals surface area contributed by atoms with Gasteiger partial charge < -0.3 is 23.7 Å². The molecule has 8 heteroatoms. The summed E-state index contributed by atoms with van der Waals surface area (Å²) in [4.78, 5) is 35.3. The van der Waals surface area contributed by atoms with Crippen molar-refractivity contribution in [1.82, 2.24) is 0 Å². The zero-order chi connectivity index (χ0) is 35.4. The van der Waals surface area contributed by atoms with E-state index in [1.165, 1.54) is 6.42 Å². The molecular formula is C42H48O8. The maximum atomic E-state index is 12.2. The van der Waals surface area contributed by atoms with Gasteiger partial charge in [-0.15, -0.1) is 0 Å². The van der Waals surface area contributed by atoms with Crippen LogP contribution in [0.3, 0.4) is 0 Å². The molecular weight excluding hydrogens is 632 g/mol. The van der Waals surface area contributed by atoms with Crippen molar-refractivity contribution in [1.29, 1.82) is 0 Å². The average Bonchev–Trinajstić information content (AvgIpc) is 3.14. The third kappa shape index (κ3) is 13.8. The van der Waals surface area contributed by atoms with Crippen molar-refractivity contribution in [2.24, 2.45) is 0 Å². The Labute approximate surface area is 295 Å². The second-order valence-corrected chi connectivity index (χ2v) is 12.2. The molecule has 50 heavy (non-hydrogen) atoms. The van der Waals surface area contributed by atoms with Gasteiger partial charge in [0.25, 0.3) is 0 Å². The maximum absolute atomic E-state index is 12.2. The minimum absolute atomic E-state index is 0.0301. The third-order valence-electron chi connectivity index (χ3n) is 8.25. The number of hydrogen-bond donors (Lipinski definition) is 0. The van der Waals surface area contributed by atoms with E-state index in [1.807, 2.05) is 42.5 Å². The van der Waals surface area contributed by atoms with E-state index in [1.54, 1.807) is 0 Å². The summed E-state index contributed by atoms with van der Waals surface area (Å²) in [5.41, 5.74) is 4.51. The van der Waals surface area contributed by atoms with Crippen molar-refractivity contribution in [2.75, 3.05) is 26.4 Å². The van der Waals surface area contributed by atoms with Crippen molar-refractivity contribution in [2.45, 2.75) is 70.3 Å². The molecule has 264 valence electrons. The molecule has 8 nitrogen and oxygen atoms in total. The summed E-state index contributed by atoms with van der Waals surface area (Å²) in [6.45, 7) is 8.44. The van der Waals surface area contributed by atoms with E-state index in [0.29, 0.717) is 19.0 Å². The zero-order valence-electron chi connectivity index (χ0n) is 28.8. The molecule has 0 atom stereocenters. The first-order valence-corrected chi connectivity index (χ1v) is 17.5. The van der Waals surface area contributed by atoms with Gasteiger partial charge in [-0.1, -0.05) is 80.3 Å². The first-order chi connectivity index (χ1) is 24.4. The van der Waals surface area contributed by atoms with E-state index in [2.05, 4.69) is 55.6 Å². The quantitative estimate of drug-likeness (QED) is 0.0384. The highest BCUT2D eigenvalue weighted by molar-refractivity contribution is 5.93. The molecule has 3 aromatic carbocycles. The topological polar surface area (TPSA) is 97.4 Å². The highest BCUT2D eigenvalue weighted by Crippen LogP contribution is 2.24. The molecule has 1 aliphatic rings. The summed E-state index contributed by atoms with van der Waals surface area (Å²) < 4.78 is 27.2. The minimum Gasteiger partial charge on any atom is -0.494 e. The van der Waals surface area contributed by atoms with Crippen LogP contribution in [0.1, 0.15) is 75.3 Å². The Kier molecular flexibility index (Phi) is 15.9. The van der Waals surface area contributed by atoms with Gasteiger partial charge in [-0.05, 0) is 97.9 Å². The fraction of sp³-hybridized carbons (Fsp3) is 0.357. The SMILES string of the molecule is C=CC(=O)OCCOc1ccc(/C=C/c2ccc(-c3ccc(OCCCCCCOC(=O)C(=C)CC(=O)OC4CCCCC4)cc3)cc2)cc1. The number of hydrogen-bond acceptors (Lipinski definition) is 8. The van der Waals surface area contributed by atoms with Crippen molar-refractivity contribution in [3.05, 3.63) is 109 Å². The van der Waals surface area contributed by atoms with Gasteiger partial charge in [0.05, 0.1) is 19.6 Å². The Morgan fingerprint density at radius 3 is 1.80 bits per heavy atom. The summed E-state index contributed by atoms with van der Waals surface area (Å²) in [6.07, 6.45) is 13.7. The van der Waals surface area contributed by atoms with Crippen LogP contribution in [0.15, 0.2) is 97.6 Å². The predicted octanol–water partition coefficient (Wildman–Crippen LogP) is 8.94. The monoisotopic (exact) mass is 680 g/mol. The van der Waals surface area contributed by atoms with Crippen molar-refractivity contribution < 1.29 is 38.1 Å². The molecule has 3 aromatic rings. The van der Waals surface area contributed by atoms with E-state index in [-0.39, 0.29) is 31.3 Å². The van der Waals surface area contributed by atoms with E-state index in [4.69, 9.17) is 23.7 Å². The van der Waals surface area contributed by atoms with Gasteiger partial charge in [0.1, 0.15) is 30.8 Å². The van der Waals surface area contributed by atoms with Crippen LogP contribution in [0.2, 0.25) is 0 Å². The van der Waals surface area contributed by atoms with Crippen LogP contribution in [0.25, 0.3) is 23.3 Å². The summed E-state index contributed by atoms with van der Waals surface area (Å²) in [7, 11) is 0. The average molecular weight is 681 g/mol. The highest BCUT2D eigenvalue weighted by atomic mass is 16.6. The summed E-state index contributed by atoms with van der Waals surface area (Å²) >= 11 is 0. The molecule has 1 fully saturated rings. The van der Waals surface area contributed by atoms with Gasteiger partial charge in [-0.3, -0.25) is 4.79 Å². The molecule has 0 aromatic heterocycles. The predicted molar refractivity (Wildman–Crippen MR) is 196 cm³/mol. The van der Waals surface area contributed by atoms with Crippen molar-refractivity contribution in [3.8, 4) is 22.6 Å². The smallest absolute Gasteiger partial charge is 0.333 e. The first-order valence-electron chi connectivity index (χ1n) is 17.5. The lowest BCUT2D eigenvalue weighted by Gasteiger charge is -2.21. The highest BCUT2D eigenvalue weighted by Gasteiger charge is 2.20. The first kappa shape index (κ1) is 37.7. The number of unbranched alkanes of at least 4 members (excludes halogenated alkanes) is 3. The standard InChI is InChI=1S/C42H48O8/c1-3-40(43)48-30-29-47-37-23-17-34(18-24-37)14-13-33-15-19-35(20-16-33)36-21-25-38(26-22-36)46-27-9-4-5-10-28-49-42(45)32(2)31-41(44)50-39-11-7-6-8-12-39/h3,13-26,39H,1-2,4-12,27-31H2/b14-13+. The summed E-state index contributed by atoms with van der Waals surface area (Å²) in [6, 6.07) is 24.2. The third-order valence-corrected chi connectivity index (χ3v) is 8.25. The molecule has 0 heterocycles. The summed E-state index contributed by atoms with van der Waals surface area (Å²) in [5.74, 6) is 0.148. The Balaban J connectivity index is 1.06. The van der Waals surface area contributed by atoms with Crippen LogP contribution in [-0.2, 0) is 28.6 Å². The number of esters is 3. The van der Waals surface area contributed by atoms with Crippen molar-refractivity contribution in [3.63, 3.8) is 0 Å². The van der Waals surface area contributed by atoms with Gasteiger partial charge in [-0.25, -0.2) is 9.59 Å². The van der Waals surface area contributed by atoms with E-state index in [9.17, 15) is 14.4 Å². The zero-order valence-corrected chi connectivity index (χ0v) is 28.8. The molecule has 0 aliphatic heterocycles. The largest absolute Gasteiger partial charge is 0.494 e. The second kappa shape index (κ2) is 21.1. The maximum Gasteiger partial charge on any atom is 0.333 e. The fourth-order valence-corrected chi connectivity index (χ4v) is 5.43. The second-order valence-electron chi connectivity index (χ2n) is 12.2. The molecule has 0 radical (unpaired) electrons. The molecule has 0 saturated heterocycles. The molecule has 4 rings (SSSR count). The summed E-state index contributed by atoms with van der Waals surface area (Å²) in [5, 5.41) is 0. The van der Waals surface area contributed by atoms with Gasteiger partial charge in [0.2, 0.25) is 0 Å². The molecule has 1 saturated carbocycles. The van der Waals surface area contributed by atoms with E-state index < -0.39 is 17.9 Å². The van der Waals surface area contributed by atoms with Gasteiger partial charge in [0.15, 0.2) is 0 Å².